The highest BCUT2D eigenvalue weighted by Crippen LogP contribution is 2.57. The van der Waals surface area contributed by atoms with Gasteiger partial charge in [0.05, 0.1) is 16.4 Å². The molecule has 2 atom stereocenters. The quantitative estimate of drug-likeness (QED) is 0.196. The lowest BCUT2D eigenvalue weighted by Gasteiger charge is -2.35. The Hall–Kier alpha value is -5.97. The van der Waals surface area contributed by atoms with Gasteiger partial charge in [-0.15, -0.1) is 0 Å². The average molecular weight is 645 g/mol. The van der Waals surface area contributed by atoms with Gasteiger partial charge in [-0.1, -0.05) is 152 Å². The van der Waals surface area contributed by atoms with Crippen molar-refractivity contribution in [3.8, 4) is 11.1 Å². The van der Waals surface area contributed by atoms with Crippen LogP contribution in [-0.2, 0) is 5.41 Å². The Morgan fingerprint density at radius 3 is 2.04 bits per heavy atom. The second-order valence-electron chi connectivity index (χ2n) is 13.5. The number of allylic oxidation sites excluding steroid dienone is 3. The Balaban J connectivity index is 1.27. The number of fused-ring (bicyclic) bond motifs is 6. The van der Waals surface area contributed by atoms with Crippen molar-refractivity contribution in [1.29, 1.82) is 0 Å². The fourth-order valence-electron chi connectivity index (χ4n) is 8.67. The molecule has 6 aromatic carbocycles. The zero-order chi connectivity index (χ0) is 33.1. The zero-order valence-corrected chi connectivity index (χ0v) is 27.6. The molecular weight excluding hydrogens is 609 g/mol. The van der Waals surface area contributed by atoms with Crippen LogP contribution in [0.4, 0.5) is 0 Å². The molecule has 4 nitrogen and oxygen atoms in total. The number of amidine groups is 1. The number of aromatic nitrogens is 1. The van der Waals surface area contributed by atoms with Gasteiger partial charge in [0.1, 0.15) is 12.0 Å². The Morgan fingerprint density at radius 1 is 0.620 bits per heavy atom. The van der Waals surface area contributed by atoms with Crippen molar-refractivity contribution in [3.05, 3.63) is 203 Å². The Bertz CT molecular complexity index is 2450. The Morgan fingerprint density at radius 2 is 1.30 bits per heavy atom. The summed E-state index contributed by atoms with van der Waals surface area (Å²) < 4.78 is 2.44. The predicted molar refractivity (Wildman–Crippen MR) is 205 cm³/mol. The summed E-state index contributed by atoms with van der Waals surface area (Å²) in [5.41, 5.74) is 12.0. The van der Waals surface area contributed by atoms with E-state index in [1.165, 1.54) is 55.2 Å². The lowest BCUT2D eigenvalue weighted by molar-refractivity contribution is 0.358. The highest BCUT2D eigenvalue weighted by atomic mass is 15.4. The summed E-state index contributed by atoms with van der Waals surface area (Å²) in [5.74, 6) is 0.900. The maximum Gasteiger partial charge on any atom is 0.184 e. The second kappa shape index (κ2) is 11.6. The van der Waals surface area contributed by atoms with Gasteiger partial charge in [0.2, 0.25) is 0 Å². The number of benzene rings is 6. The third-order valence-electron chi connectivity index (χ3n) is 10.8. The van der Waals surface area contributed by atoms with E-state index in [9.17, 15) is 0 Å². The summed E-state index contributed by atoms with van der Waals surface area (Å²) >= 11 is 0. The molecule has 0 saturated carbocycles. The molecular formula is C46H36N4. The Kier molecular flexibility index (Phi) is 6.71. The lowest BCUT2D eigenvalue weighted by Crippen LogP contribution is -2.53. The van der Waals surface area contributed by atoms with Gasteiger partial charge < -0.3 is 9.88 Å². The van der Waals surface area contributed by atoms with E-state index in [2.05, 4.69) is 185 Å². The zero-order valence-electron chi connectivity index (χ0n) is 27.6. The van der Waals surface area contributed by atoms with E-state index in [4.69, 9.17) is 4.99 Å². The number of hydrogen-bond acceptors (Lipinski definition) is 3. The minimum atomic E-state index is -0.480. The molecule has 0 radical (unpaired) electrons. The van der Waals surface area contributed by atoms with Crippen LogP contribution < -0.4 is 10.6 Å². The van der Waals surface area contributed by atoms with E-state index in [-0.39, 0.29) is 12.5 Å². The van der Waals surface area contributed by atoms with Crippen LogP contribution in [0.15, 0.2) is 180 Å². The van der Waals surface area contributed by atoms with Gasteiger partial charge >= 0.3 is 0 Å². The predicted octanol–water partition coefficient (Wildman–Crippen LogP) is 9.86. The summed E-state index contributed by atoms with van der Waals surface area (Å²) in [5, 5.41) is 10.2. The first-order valence-electron chi connectivity index (χ1n) is 17.6. The van der Waals surface area contributed by atoms with Crippen molar-refractivity contribution in [2.24, 2.45) is 4.99 Å². The van der Waals surface area contributed by atoms with Crippen molar-refractivity contribution in [1.82, 2.24) is 15.2 Å². The van der Waals surface area contributed by atoms with Crippen molar-refractivity contribution >= 4 is 27.6 Å². The molecule has 0 spiro atoms. The van der Waals surface area contributed by atoms with Gasteiger partial charge in [-0.05, 0) is 70.0 Å². The number of hydrogen-bond donors (Lipinski definition) is 2. The van der Waals surface area contributed by atoms with Crippen LogP contribution in [0.1, 0.15) is 46.9 Å². The van der Waals surface area contributed by atoms with Crippen molar-refractivity contribution in [2.75, 3.05) is 0 Å². The van der Waals surface area contributed by atoms with Crippen molar-refractivity contribution in [2.45, 2.75) is 30.7 Å². The molecule has 2 N–H and O–H groups in total. The minimum Gasteiger partial charge on any atom is -0.351 e. The van der Waals surface area contributed by atoms with Crippen LogP contribution in [0.3, 0.4) is 0 Å². The first-order chi connectivity index (χ1) is 24.8. The van der Waals surface area contributed by atoms with E-state index >= 15 is 0 Å². The number of aliphatic imine (C=N–C) groups is 1. The molecule has 2 aliphatic carbocycles. The molecule has 10 rings (SSSR count). The maximum absolute atomic E-state index is 5.44. The summed E-state index contributed by atoms with van der Waals surface area (Å²) in [4.78, 5) is 5.44. The molecule has 2 heterocycles. The number of nitrogens with one attached hydrogen (secondary N) is 2. The van der Waals surface area contributed by atoms with Gasteiger partial charge in [0.25, 0.3) is 0 Å². The molecule has 4 heteroatoms. The van der Waals surface area contributed by atoms with E-state index in [1.54, 1.807) is 0 Å². The molecule has 2 unspecified atom stereocenters. The van der Waals surface area contributed by atoms with Gasteiger partial charge in [0, 0.05) is 16.3 Å². The molecule has 240 valence electrons. The van der Waals surface area contributed by atoms with Gasteiger partial charge in [0.15, 0.2) is 6.29 Å². The minimum absolute atomic E-state index is 0.0553. The third-order valence-corrected chi connectivity index (χ3v) is 10.8. The smallest absolute Gasteiger partial charge is 0.184 e. The number of rotatable bonds is 5. The normalized spacial score (nSPS) is 19.0. The fourth-order valence-corrected chi connectivity index (χ4v) is 8.67. The van der Waals surface area contributed by atoms with Gasteiger partial charge in [-0.25, -0.2) is 4.99 Å². The molecule has 3 aliphatic rings. The summed E-state index contributed by atoms with van der Waals surface area (Å²) in [6.07, 6.45) is 8.33. The third kappa shape index (κ3) is 4.32. The van der Waals surface area contributed by atoms with Crippen LogP contribution in [0.5, 0.6) is 0 Å². The number of para-hydroxylation sites is 1. The molecule has 50 heavy (non-hydrogen) atoms. The maximum atomic E-state index is 5.44. The van der Waals surface area contributed by atoms with E-state index in [0.717, 1.165) is 29.8 Å². The van der Waals surface area contributed by atoms with E-state index in [1.807, 2.05) is 0 Å². The summed E-state index contributed by atoms with van der Waals surface area (Å²) in [7, 11) is 0. The van der Waals surface area contributed by atoms with Gasteiger partial charge in [-0.3, -0.25) is 5.32 Å². The molecule has 0 amide bonds. The first kappa shape index (κ1) is 29.0. The highest BCUT2D eigenvalue weighted by molar-refractivity contribution is 6.11. The molecule has 1 aromatic heterocycles. The standard InChI is InChI=1S/C46H36N4/c1-5-17-31(18-6-1)43-47-44(32-19-7-2-8-20-32)49-45(48-43)50-41-28-16-14-26-36(41)38-29-37-35-25-13-15-27-39(35)46(40(37)30-42(38)50,33-21-9-3-10-22-33)34-23-11-4-12-24-34/h1-7,9-19,21-30,44-45,49H,8,20H2,(H,47,48). The van der Waals surface area contributed by atoms with Crippen molar-refractivity contribution in [3.63, 3.8) is 0 Å². The average Bonchev–Trinajstić information content (AvgIpc) is 3.68. The highest BCUT2D eigenvalue weighted by Gasteiger charge is 2.46. The molecule has 1 aliphatic heterocycles. The van der Waals surface area contributed by atoms with Gasteiger partial charge in [-0.2, -0.15) is 0 Å². The van der Waals surface area contributed by atoms with Crippen LogP contribution in [0.2, 0.25) is 0 Å². The number of nitrogens with zero attached hydrogens (tertiary/aromatic N) is 2. The van der Waals surface area contributed by atoms with Crippen LogP contribution in [0.25, 0.3) is 32.9 Å². The molecule has 7 aromatic rings. The Labute approximate surface area is 292 Å². The summed E-state index contributed by atoms with van der Waals surface area (Å²) in [6.45, 7) is 0. The van der Waals surface area contributed by atoms with Crippen LogP contribution in [-0.4, -0.2) is 16.6 Å². The van der Waals surface area contributed by atoms with E-state index in [0.29, 0.717) is 0 Å². The molecule has 0 saturated heterocycles. The molecule has 0 fully saturated rings. The fraction of sp³-hybridized carbons (Fsp3) is 0.109. The van der Waals surface area contributed by atoms with E-state index < -0.39 is 5.41 Å². The van der Waals surface area contributed by atoms with Crippen LogP contribution >= 0.6 is 0 Å². The topological polar surface area (TPSA) is 41.4 Å². The van der Waals surface area contributed by atoms with Crippen LogP contribution in [0, 0.1) is 0 Å². The SMILES string of the molecule is C1=CCCC(C2NC(c3ccccc3)=NC(n3c4ccccc4c4cc5c(cc43)C(c3ccccc3)(c3ccccc3)c3ccccc3-5)N2)=C1. The largest absolute Gasteiger partial charge is 0.351 e. The summed E-state index contributed by atoms with van der Waals surface area (Å²) in [6, 6.07) is 55.3. The lowest BCUT2D eigenvalue weighted by atomic mass is 9.67. The second-order valence-corrected chi connectivity index (χ2v) is 13.5. The monoisotopic (exact) mass is 644 g/mol. The van der Waals surface area contributed by atoms with Crippen molar-refractivity contribution < 1.29 is 0 Å². The first-order valence-corrected chi connectivity index (χ1v) is 17.6. The molecule has 0 bridgehead atoms.